The Bertz CT molecular complexity index is 567. The molecule has 2 N–H and O–H groups in total. The summed E-state index contributed by atoms with van der Waals surface area (Å²) in [6, 6.07) is 5.21. The Kier molecular flexibility index (Phi) is 2.90. The highest BCUT2D eigenvalue weighted by atomic mass is 35.5. The summed E-state index contributed by atoms with van der Waals surface area (Å²) in [4.78, 5) is 10.7. The molecule has 1 aromatic heterocycles. The third-order valence-electron chi connectivity index (χ3n) is 2.71. The van der Waals surface area contributed by atoms with Crippen LogP contribution in [0.25, 0.3) is 11.3 Å². The number of carbonyl (C=O) groups is 1. The lowest BCUT2D eigenvalue weighted by Gasteiger charge is -2.05. The summed E-state index contributed by atoms with van der Waals surface area (Å²) in [6.45, 7) is 3.89. The fourth-order valence-corrected chi connectivity index (χ4v) is 1.81. The van der Waals surface area contributed by atoms with Gasteiger partial charge in [-0.05, 0) is 43.2 Å². The van der Waals surface area contributed by atoms with E-state index in [-0.39, 0.29) is 5.69 Å². The van der Waals surface area contributed by atoms with Crippen molar-refractivity contribution in [2.75, 3.05) is 0 Å². The molecule has 1 aromatic carbocycles. The summed E-state index contributed by atoms with van der Waals surface area (Å²) >= 11 is 6.08. The minimum atomic E-state index is -1.03. The van der Waals surface area contributed by atoms with E-state index in [0.29, 0.717) is 10.7 Å². The first-order valence-electron chi connectivity index (χ1n) is 5.05. The van der Waals surface area contributed by atoms with Gasteiger partial charge in [0.2, 0.25) is 0 Å². The molecule has 0 fully saturated rings. The van der Waals surface area contributed by atoms with Crippen LogP contribution in [0.2, 0.25) is 5.02 Å². The molecule has 0 atom stereocenters. The van der Waals surface area contributed by atoms with Crippen LogP contribution in [0.1, 0.15) is 21.6 Å². The van der Waals surface area contributed by atoms with E-state index in [2.05, 4.69) is 10.2 Å². The van der Waals surface area contributed by atoms with E-state index in [1.54, 1.807) is 6.07 Å². The van der Waals surface area contributed by atoms with Crippen molar-refractivity contribution in [3.8, 4) is 11.3 Å². The SMILES string of the molecule is Cc1cc(-c2cc(C(=O)O)[nH]n2)cc(Cl)c1C. The standard InChI is InChI=1S/C12H11ClN2O2/c1-6-3-8(4-9(13)7(6)2)10-5-11(12(16)17)15-14-10/h3-5H,1-2H3,(H,14,15)(H,16,17). The lowest BCUT2D eigenvalue weighted by Crippen LogP contribution is -1.95. The first-order chi connectivity index (χ1) is 7.99. The number of nitrogens with zero attached hydrogens (tertiary/aromatic N) is 1. The number of hydrogen-bond donors (Lipinski definition) is 2. The van der Waals surface area contributed by atoms with Gasteiger partial charge in [0.1, 0.15) is 5.69 Å². The average Bonchev–Trinajstić information content (AvgIpc) is 2.74. The Hall–Kier alpha value is -1.81. The van der Waals surface area contributed by atoms with Crippen LogP contribution < -0.4 is 0 Å². The molecule has 0 unspecified atom stereocenters. The highest BCUT2D eigenvalue weighted by Gasteiger charge is 2.11. The average molecular weight is 251 g/mol. The summed E-state index contributed by atoms with van der Waals surface area (Å²) in [6.07, 6.45) is 0. The fourth-order valence-electron chi connectivity index (χ4n) is 1.54. The number of carboxylic acids is 1. The number of benzene rings is 1. The zero-order valence-electron chi connectivity index (χ0n) is 9.41. The van der Waals surface area contributed by atoms with Crippen LogP contribution in [-0.2, 0) is 0 Å². The van der Waals surface area contributed by atoms with Crippen LogP contribution in [0, 0.1) is 13.8 Å². The predicted octanol–water partition coefficient (Wildman–Crippen LogP) is 3.05. The minimum absolute atomic E-state index is 0.0642. The van der Waals surface area contributed by atoms with E-state index in [0.717, 1.165) is 16.7 Å². The van der Waals surface area contributed by atoms with Crippen LogP contribution in [0.4, 0.5) is 0 Å². The number of hydrogen-bond acceptors (Lipinski definition) is 2. The molecule has 0 radical (unpaired) electrons. The van der Waals surface area contributed by atoms with E-state index in [1.165, 1.54) is 6.07 Å². The second kappa shape index (κ2) is 4.22. The Morgan fingerprint density at radius 3 is 2.59 bits per heavy atom. The van der Waals surface area contributed by atoms with Gasteiger partial charge in [-0.2, -0.15) is 5.10 Å². The Labute approximate surface area is 103 Å². The molecule has 17 heavy (non-hydrogen) atoms. The van der Waals surface area contributed by atoms with Crippen molar-refractivity contribution in [3.05, 3.63) is 40.0 Å². The number of aryl methyl sites for hydroxylation is 1. The molecule has 0 spiro atoms. The van der Waals surface area contributed by atoms with Crippen LogP contribution >= 0.6 is 11.6 Å². The topological polar surface area (TPSA) is 66.0 Å². The molecule has 0 saturated carbocycles. The summed E-state index contributed by atoms with van der Waals surface area (Å²) < 4.78 is 0. The number of nitrogens with one attached hydrogen (secondary N) is 1. The van der Waals surface area contributed by atoms with E-state index in [4.69, 9.17) is 16.7 Å². The highest BCUT2D eigenvalue weighted by Crippen LogP contribution is 2.27. The van der Waals surface area contributed by atoms with Gasteiger partial charge in [-0.25, -0.2) is 4.79 Å². The third-order valence-corrected chi connectivity index (χ3v) is 3.10. The van der Waals surface area contributed by atoms with Crippen LogP contribution in [-0.4, -0.2) is 21.3 Å². The van der Waals surface area contributed by atoms with Crippen LogP contribution in [0.5, 0.6) is 0 Å². The largest absolute Gasteiger partial charge is 0.477 e. The molecule has 5 heteroatoms. The molecule has 0 aliphatic heterocycles. The fraction of sp³-hybridized carbons (Fsp3) is 0.167. The van der Waals surface area contributed by atoms with Crippen LogP contribution in [0.3, 0.4) is 0 Å². The molecule has 0 bridgehead atoms. The number of carboxylic acid groups (broad SMARTS) is 1. The van der Waals surface area contributed by atoms with Gasteiger partial charge < -0.3 is 5.11 Å². The van der Waals surface area contributed by atoms with Crippen molar-refractivity contribution in [1.29, 1.82) is 0 Å². The second-order valence-electron chi connectivity index (χ2n) is 3.87. The lowest BCUT2D eigenvalue weighted by atomic mass is 10.0. The van der Waals surface area contributed by atoms with E-state index < -0.39 is 5.97 Å². The van der Waals surface area contributed by atoms with Crippen molar-refractivity contribution in [1.82, 2.24) is 10.2 Å². The van der Waals surface area contributed by atoms with E-state index >= 15 is 0 Å². The molecule has 0 aliphatic carbocycles. The van der Waals surface area contributed by atoms with Crippen molar-refractivity contribution in [2.24, 2.45) is 0 Å². The number of aromatic amines is 1. The van der Waals surface area contributed by atoms with Gasteiger partial charge in [-0.1, -0.05) is 11.6 Å². The van der Waals surface area contributed by atoms with Gasteiger partial charge in [-0.15, -0.1) is 0 Å². The number of H-pyrrole nitrogens is 1. The van der Waals surface area contributed by atoms with Gasteiger partial charge in [0.05, 0.1) is 5.69 Å². The molecular formula is C12H11ClN2O2. The molecule has 2 aromatic rings. The summed E-state index contributed by atoms with van der Waals surface area (Å²) in [5, 5.41) is 15.9. The van der Waals surface area contributed by atoms with Crippen molar-refractivity contribution >= 4 is 17.6 Å². The Balaban J connectivity index is 2.49. The number of aromatic nitrogens is 2. The maximum absolute atomic E-state index is 10.7. The zero-order valence-corrected chi connectivity index (χ0v) is 10.2. The maximum atomic E-state index is 10.7. The first kappa shape index (κ1) is 11.7. The number of aromatic carboxylic acids is 1. The zero-order chi connectivity index (χ0) is 12.6. The monoisotopic (exact) mass is 250 g/mol. The van der Waals surface area contributed by atoms with Gasteiger partial charge in [0.15, 0.2) is 0 Å². The van der Waals surface area contributed by atoms with Gasteiger partial charge >= 0.3 is 5.97 Å². The number of halogens is 1. The summed E-state index contributed by atoms with van der Waals surface area (Å²) in [7, 11) is 0. The Morgan fingerprint density at radius 1 is 1.35 bits per heavy atom. The normalized spacial score (nSPS) is 10.5. The minimum Gasteiger partial charge on any atom is -0.477 e. The molecule has 0 amide bonds. The lowest BCUT2D eigenvalue weighted by molar-refractivity contribution is 0.0690. The van der Waals surface area contributed by atoms with E-state index in [1.807, 2.05) is 19.9 Å². The second-order valence-corrected chi connectivity index (χ2v) is 4.28. The first-order valence-corrected chi connectivity index (χ1v) is 5.42. The molecule has 0 aliphatic rings. The van der Waals surface area contributed by atoms with E-state index in [9.17, 15) is 4.79 Å². The quantitative estimate of drug-likeness (QED) is 0.861. The van der Waals surface area contributed by atoms with Gasteiger partial charge in [-0.3, -0.25) is 5.10 Å². The summed E-state index contributed by atoms with van der Waals surface area (Å²) in [5.41, 5.74) is 3.51. The molecule has 0 saturated heterocycles. The summed E-state index contributed by atoms with van der Waals surface area (Å²) in [5.74, 6) is -1.03. The van der Waals surface area contributed by atoms with Gasteiger partial charge in [0, 0.05) is 10.6 Å². The molecule has 88 valence electrons. The molecule has 2 rings (SSSR count). The third kappa shape index (κ3) is 2.17. The van der Waals surface area contributed by atoms with Gasteiger partial charge in [0.25, 0.3) is 0 Å². The van der Waals surface area contributed by atoms with Crippen molar-refractivity contribution in [3.63, 3.8) is 0 Å². The van der Waals surface area contributed by atoms with Crippen molar-refractivity contribution in [2.45, 2.75) is 13.8 Å². The number of rotatable bonds is 2. The predicted molar refractivity (Wildman–Crippen MR) is 65.5 cm³/mol. The molecule has 4 nitrogen and oxygen atoms in total. The van der Waals surface area contributed by atoms with Crippen LogP contribution in [0.15, 0.2) is 18.2 Å². The smallest absolute Gasteiger partial charge is 0.353 e. The highest BCUT2D eigenvalue weighted by molar-refractivity contribution is 6.31. The Morgan fingerprint density at radius 2 is 2.06 bits per heavy atom. The molecular weight excluding hydrogens is 240 g/mol. The van der Waals surface area contributed by atoms with Crippen molar-refractivity contribution < 1.29 is 9.90 Å². The molecule has 1 heterocycles. The maximum Gasteiger partial charge on any atom is 0.353 e.